The highest BCUT2D eigenvalue weighted by molar-refractivity contribution is 7.92. The fourth-order valence-corrected chi connectivity index (χ4v) is 3.11. The van der Waals surface area contributed by atoms with Crippen LogP contribution in [0.25, 0.3) is 11.2 Å². The Labute approximate surface area is 159 Å². The van der Waals surface area contributed by atoms with Crippen molar-refractivity contribution in [3.05, 3.63) is 18.0 Å². The number of halogens is 1. The molecular formula is C16H20FN5O4S. The van der Waals surface area contributed by atoms with E-state index < -0.39 is 11.6 Å². The molecule has 27 heavy (non-hydrogen) atoms. The zero-order chi connectivity index (χ0) is 19.8. The Kier molecular flexibility index (Phi) is 5.13. The molecule has 1 aliphatic heterocycles. The summed E-state index contributed by atoms with van der Waals surface area (Å²) in [6, 6.07) is 0. The lowest BCUT2D eigenvalue weighted by Gasteiger charge is -2.36. The van der Waals surface area contributed by atoms with Crippen molar-refractivity contribution in [2.75, 3.05) is 31.1 Å². The van der Waals surface area contributed by atoms with Crippen LogP contribution in [-0.2, 0) is 4.74 Å². The van der Waals surface area contributed by atoms with Gasteiger partial charge in [-0.05, 0) is 20.8 Å². The summed E-state index contributed by atoms with van der Waals surface area (Å²) in [5.41, 5.74) is -0.396. The molecule has 9 nitrogen and oxygen atoms in total. The highest BCUT2D eigenvalue weighted by Crippen LogP contribution is 2.25. The van der Waals surface area contributed by atoms with Gasteiger partial charge in [0.25, 0.3) is 0 Å². The molecule has 0 aromatic carbocycles. The maximum Gasteiger partial charge on any atom is 0.410 e. The van der Waals surface area contributed by atoms with E-state index >= 15 is 0 Å². The topological polar surface area (TPSA) is 101 Å². The van der Waals surface area contributed by atoms with Crippen molar-refractivity contribution in [1.29, 1.82) is 0 Å². The van der Waals surface area contributed by atoms with Gasteiger partial charge in [0.2, 0.25) is 0 Å². The normalized spacial score (nSPS) is 15.3. The number of rotatable bonds is 3. The summed E-state index contributed by atoms with van der Waals surface area (Å²) in [6.07, 6.45) is 2.26. The summed E-state index contributed by atoms with van der Waals surface area (Å²) in [7, 11) is 0. The van der Waals surface area contributed by atoms with Crippen LogP contribution in [0.4, 0.5) is 14.5 Å². The summed E-state index contributed by atoms with van der Waals surface area (Å²) in [5.74, 6) is -0.718. The number of hydrogen-bond donors (Lipinski definition) is 1. The molecule has 1 saturated heterocycles. The van der Waals surface area contributed by atoms with E-state index in [0.29, 0.717) is 32.0 Å². The van der Waals surface area contributed by atoms with Gasteiger partial charge in [0.05, 0.1) is 6.20 Å². The fraction of sp³-hybridized carbons (Fsp3) is 0.500. The van der Waals surface area contributed by atoms with Crippen LogP contribution in [0.3, 0.4) is 0 Å². The van der Waals surface area contributed by atoms with E-state index in [9.17, 15) is 18.6 Å². The molecule has 1 amide bonds. The van der Waals surface area contributed by atoms with E-state index in [-0.39, 0.29) is 35.2 Å². The molecule has 0 aliphatic carbocycles. The Morgan fingerprint density at radius 1 is 1.26 bits per heavy atom. The van der Waals surface area contributed by atoms with Gasteiger partial charge in [-0.3, -0.25) is 0 Å². The Balaban J connectivity index is 1.76. The molecule has 0 spiro atoms. The number of amides is 1. The number of carbonyl (C=O) groups is 2. The third-order valence-electron chi connectivity index (χ3n) is 4.01. The molecule has 0 radical (unpaired) electrons. The van der Waals surface area contributed by atoms with Crippen LogP contribution >= 0.6 is 12.3 Å². The molecule has 2 aromatic rings. The number of aromatic nitrogens is 3. The van der Waals surface area contributed by atoms with Gasteiger partial charge < -0.3 is 19.6 Å². The lowest BCUT2D eigenvalue weighted by Crippen LogP contribution is -2.50. The summed E-state index contributed by atoms with van der Waals surface area (Å²) in [4.78, 5) is 35.6. The molecule has 2 aromatic heterocycles. The summed E-state index contributed by atoms with van der Waals surface area (Å²) in [6.45, 7) is 7.33. The number of hydrogen-bond acceptors (Lipinski definition) is 7. The number of carbonyl (C=O) groups excluding carboxylic acids is 1. The fourth-order valence-electron chi connectivity index (χ4n) is 2.76. The molecule has 1 fully saturated rings. The second-order valence-corrected chi connectivity index (χ2v) is 7.63. The molecule has 3 rings (SSSR count). The first kappa shape index (κ1) is 19.2. The van der Waals surface area contributed by atoms with Crippen LogP contribution in [0.15, 0.2) is 12.4 Å². The van der Waals surface area contributed by atoms with Gasteiger partial charge in [-0.2, -0.15) is 0 Å². The maximum atomic E-state index is 13.0. The Morgan fingerprint density at radius 3 is 2.48 bits per heavy atom. The number of aromatic carboxylic acids is 1. The second kappa shape index (κ2) is 7.22. The van der Waals surface area contributed by atoms with Crippen molar-refractivity contribution >= 4 is 41.4 Å². The average molecular weight is 397 g/mol. The minimum Gasteiger partial charge on any atom is -0.478 e. The van der Waals surface area contributed by atoms with Crippen molar-refractivity contribution in [2.24, 2.45) is 0 Å². The maximum absolute atomic E-state index is 13.0. The summed E-state index contributed by atoms with van der Waals surface area (Å²) >= 11 is -0.135. The molecule has 0 saturated carbocycles. The van der Waals surface area contributed by atoms with E-state index in [4.69, 9.17) is 4.74 Å². The molecule has 0 unspecified atom stereocenters. The van der Waals surface area contributed by atoms with Crippen LogP contribution < -0.4 is 4.90 Å². The highest BCUT2D eigenvalue weighted by atomic mass is 32.2. The SMILES string of the molecule is CC(C)(C)OC(=O)N1CCN(c2cnc3c(n2)c(C(=O)O)cn3SF)CC1. The largest absolute Gasteiger partial charge is 0.478 e. The zero-order valence-electron chi connectivity index (χ0n) is 15.2. The van der Waals surface area contributed by atoms with Gasteiger partial charge in [0, 0.05) is 32.4 Å². The van der Waals surface area contributed by atoms with Crippen molar-refractivity contribution in [1.82, 2.24) is 18.8 Å². The molecule has 1 aliphatic rings. The predicted molar refractivity (Wildman–Crippen MR) is 98.6 cm³/mol. The summed E-state index contributed by atoms with van der Waals surface area (Å²) < 4.78 is 19.4. The van der Waals surface area contributed by atoms with Crippen LogP contribution in [0.5, 0.6) is 0 Å². The number of fused-ring (bicyclic) bond motifs is 1. The van der Waals surface area contributed by atoms with Crippen LogP contribution in [0.1, 0.15) is 31.1 Å². The van der Waals surface area contributed by atoms with Gasteiger partial charge in [-0.15, -0.1) is 3.89 Å². The van der Waals surface area contributed by atoms with Crippen molar-refractivity contribution < 1.29 is 23.3 Å². The molecule has 3 heterocycles. The minimum atomic E-state index is -1.20. The van der Waals surface area contributed by atoms with E-state index in [2.05, 4.69) is 9.97 Å². The van der Waals surface area contributed by atoms with E-state index in [1.54, 1.807) is 4.90 Å². The van der Waals surface area contributed by atoms with Crippen LogP contribution in [-0.4, -0.2) is 67.8 Å². The number of carboxylic acids is 1. The first-order valence-electron chi connectivity index (χ1n) is 8.33. The monoisotopic (exact) mass is 397 g/mol. The number of nitrogens with zero attached hydrogens (tertiary/aromatic N) is 5. The smallest absolute Gasteiger partial charge is 0.410 e. The van der Waals surface area contributed by atoms with Crippen LogP contribution in [0.2, 0.25) is 0 Å². The second-order valence-electron chi connectivity index (χ2n) is 7.10. The Morgan fingerprint density at radius 2 is 1.93 bits per heavy atom. The third-order valence-corrected chi connectivity index (χ3v) is 4.44. The molecular weight excluding hydrogens is 377 g/mol. The summed E-state index contributed by atoms with van der Waals surface area (Å²) in [5, 5.41) is 9.30. The zero-order valence-corrected chi connectivity index (χ0v) is 16.0. The number of anilines is 1. The lowest BCUT2D eigenvalue weighted by molar-refractivity contribution is 0.0240. The number of ether oxygens (including phenoxy) is 1. The first-order chi connectivity index (χ1) is 12.7. The lowest BCUT2D eigenvalue weighted by atomic mass is 10.2. The highest BCUT2D eigenvalue weighted by Gasteiger charge is 2.27. The van der Waals surface area contributed by atoms with Gasteiger partial charge in [0.1, 0.15) is 22.5 Å². The van der Waals surface area contributed by atoms with E-state index in [1.165, 1.54) is 6.20 Å². The molecule has 0 bridgehead atoms. The quantitative estimate of drug-likeness (QED) is 0.843. The molecule has 146 valence electrons. The van der Waals surface area contributed by atoms with E-state index in [0.717, 1.165) is 10.2 Å². The standard InChI is InChI=1S/C16H20FN5O4S/c1-16(2,3)26-15(25)21-6-4-20(5-7-21)11-8-18-13-12(19-11)10(14(23)24)9-22(13)27-17/h8-9H,4-7H2,1-3H3,(H,23,24). The Bertz CT molecular complexity index is 874. The molecule has 1 N–H and O–H groups in total. The van der Waals surface area contributed by atoms with Crippen LogP contribution in [0, 0.1) is 0 Å². The first-order valence-corrected chi connectivity index (χ1v) is 9.00. The van der Waals surface area contributed by atoms with Crippen molar-refractivity contribution in [3.63, 3.8) is 0 Å². The van der Waals surface area contributed by atoms with Crippen molar-refractivity contribution in [2.45, 2.75) is 26.4 Å². The molecule has 0 atom stereocenters. The average Bonchev–Trinajstić information content (AvgIpc) is 2.98. The van der Waals surface area contributed by atoms with Gasteiger partial charge in [-0.1, -0.05) is 0 Å². The molecule has 11 heteroatoms. The Hall–Kier alpha value is -2.56. The third kappa shape index (κ3) is 4.07. The minimum absolute atomic E-state index is 0.114. The number of carboxylic acid groups (broad SMARTS) is 1. The van der Waals surface area contributed by atoms with Gasteiger partial charge in [0.15, 0.2) is 18.0 Å². The van der Waals surface area contributed by atoms with E-state index in [1.807, 2.05) is 25.7 Å². The van der Waals surface area contributed by atoms with Gasteiger partial charge in [-0.25, -0.2) is 23.5 Å². The van der Waals surface area contributed by atoms with Gasteiger partial charge >= 0.3 is 12.1 Å². The predicted octanol–water partition coefficient (Wildman–Crippen LogP) is 2.57. The number of piperazine rings is 1. The van der Waals surface area contributed by atoms with Crippen molar-refractivity contribution in [3.8, 4) is 0 Å².